The molecule has 0 bridgehead atoms. The molecule has 2 aromatic heterocycles. The zero-order valence-corrected chi connectivity index (χ0v) is 18.7. The Bertz CT molecular complexity index is 1350. The van der Waals surface area contributed by atoms with Crippen molar-refractivity contribution in [3.8, 4) is 0 Å². The molecule has 1 fully saturated rings. The van der Waals surface area contributed by atoms with Crippen LogP contribution in [0.1, 0.15) is 30.9 Å². The number of aliphatic imine (C=N–C) groups is 1. The maximum Gasteiger partial charge on any atom is 0.308 e. The molecule has 1 saturated carbocycles. The SMILES string of the molecule is COC(=O)C1CC(n2c(SCC(=O)CC3=Nc4ccccc4C3)nc3nccnc3c2=O)C1. The lowest BCUT2D eigenvalue weighted by atomic mass is 9.80. The van der Waals surface area contributed by atoms with Crippen LogP contribution in [0.5, 0.6) is 0 Å². The monoisotopic (exact) mass is 463 g/mol. The highest BCUT2D eigenvalue weighted by Crippen LogP contribution is 2.39. The predicted molar refractivity (Wildman–Crippen MR) is 123 cm³/mol. The molecule has 168 valence electrons. The van der Waals surface area contributed by atoms with E-state index in [1.165, 1.54) is 31.3 Å². The molecule has 0 N–H and O–H groups in total. The summed E-state index contributed by atoms with van der Waals surface area (Å²) in [5.74, 6) is -0.366. The number of methoxy groups -OCH3 is 1. The Kier molecular flexibility index (Phi) is 5.76. The quantitative estimate of drug-likeness (QED) is 0.298. The topological polar surface area (TPSA) is 116 Å². The minimum Gasteiger partial charge on any atom is -0.469 e. The van der Waals surface area contributed by atoms with Crippen LogP contribution in [0.4, 0.5) is 5.69 Å². The van der Waals surface area contributed by atoms with E-state index < -0.39 is 0 Å². The highest BCUT2D eigenvalue weighted by Gasteiger charge is 2.38. The van der Waals surface area contributed by atoms with Gasteiger partial charge in [-0.15, -0.1) is 0 Å². The number of rotatable bonds is 7. The lowest BCUT2D eigenvalue weighted by Crippen LogP contribution is -2.39. The van der Waals surface area contributed by atoms with Crippen LogP contribution in [0.3, 0.4) is 0 Å². The number of esters is 1. The number of fused-ring (bicyclic) bond motifs is 2. The second-order valence-electron chi connectivity index (χ2n) is 8.13. The van der Waals surface area contributed by atoms with E-state index in [1.54, 1.807) is 4.57 Å². The van der Waals surface area contributed by atoms with E-state index in [4.69, 9.17) is 4.74 Å². The molecule has 3 heterocycles. The number of carbonyl (C=O) groups is 2. The maximum atomic E-state index is 13.2. The number of hydrogen-bond acceptors (Lipinski definition) is 9. The number of Topliss-reactive ketones (excluding diaryl/α,β-unsaturated/α-hetero) is 1. The number of thioether (sulfide) groups is 1. The molecule has 0 unspecified atom stereocenters. The van der Waals surface area contributed by atoms with Crippen LogP contribution in [0.25, 0.3) is 11.2 Å². The molecule has 2 aliphatic rings. The van der Waals surface area contributed by atoms with Gasteiger partial charge in [-0.2, -0.15) is 0 Å². The normalized spacial score (nSPS) is 19.0. The molecule has 1 aliphatic heterocycles. The Labute approximate surface area is 193 Å². The van der Waals surface area contributed by atoms with Crippen molar-refractivity contribution >= 4 is 46.1 Å². The van der Waals surface area contributed by atoms with E-state index >= 15 is 0 Å². The predicted octanol–water partition coefficient (Wildman–Crippen LogP) is 2.69. The van der Waals surface area contributed by atoms with Crippen molar-refractivity contribution in [2.75, 3.05) is 12.9 Å². The fourth-order valence-corrected chi connectivity index (χ4v) is 5.13. The second-order valence-corrected chi connectivity index (χ2v) is 9.07. The molecule has 5 rings (SSSR count). The molecule has 0 spiro atoms. The third-order valence-electron chi connectivity index (χ3n) is 5.95. The molecule has 0 saturated heterocycles. The van der Waals surface area contributed by atoms with Crippen molar-refractivity contribution < 1.29 is 14.3 Å². The van der Waals surface area contributed by atoms with Gasteiger partial charge in [0.25, 0.3) is 5.56 Å². The highest BCUT2D eigenvalue weighted by atomic mass is 32.2. The number of carbonyl (C=O) groups excluding carboxylic acids is 2. The maximum absolute atomic E-state index is 13.2. The van der Waals surface area contributed by atoms with Crippen molar-refractivity contribution in [2.24, 2.45) is 10.9 Å². The van der Waals surface area contributed by atoms with E-state index in [-0.39, 0.29) is 52.6 Å². The molecule has 3 aromatic rings. The number of aromatic nitrogens is 4. The van der Waals surface area contributed by atoms with Crippen LogP contribution in [0.2, 0.25) is 0 Å². The van der Waals surface area contributed by atoms with Gasteiger partial charge < -0.3 is 4.74 Å². The average Bonchev–Trinajstić information content (AvgIpc) is 3.20. The third kappa shape index (κ3) is 4.18. The molecule has 1 aromatic carbocycles. The number of hydrogen-bond donors (Lipinski definition) is 0. The van der Waals surface area contributed by atoms with E-state index in [1.807, 2.05) is 24.3 Å². The first-order chi connectivity index (χ1) is 16.0. The first kappa shape index (κ1) is 21.4. The Morgan fingerprint density at radius 2 is 1.97 bits per heavy atom. The smallest absolute Gasteiger partial charge is 0.308 e. The van der Waals surface area contributed by atoms with E-state index in [2.05, 4.69) is 19.9 Å². The molecule has 9 nitrogen and oxygen atoms in total. The zero-order valence-electron chi connectivity index (χ0n) is 17.9. The first-order valence-corrected chi connectivity index (χ1v) is 11.6. The summed E-state index contributed by atoms with van der Waals surface area (Å²) in [5.41, 5.74) is 2.99. The standard InChI is InChI=1S/C23H21N5O4S/c1-32-22(31)14-9-16(10-14)28-21(30)19-20(25-7-6-24-19)27-23(28)33-12-17(29)11-15-8-13-4-2-3-5-18(13)26-15/h2-7,14,16H,8-12H2,1H3. The van der Waals surface area contributed by atoms with E-state index in [0.717, 1.165) is 17.0 Å². The third-order valence-corrected chi connectivity index (χ3v) is 6.96. The molecule has 1 aliphatic carbocycles. The fourth-order valence-electron chi connectivity index (χ4n) is 4.22. The summed E-state index contributed by atoms with van der Waals surface area (Å²) in [5, 5.41) is 0.409. The lowest BCUT2D eigenvalue weighted by Gasteiger charge is -2.35. The summed E-state index contributed by atoms with van der Waals surface area (Å²) < 4.78 is 6.36. The minimum atomic E-state index is -0.313. The van der Waals surface area contributed by atoms with Gasteiger partial charge in [0.2, 0.25) is 0 Å². The van der Waals surface area contributed by atoms with Gasteiger partial charge in [0.15, 0.2) is 16.3 Å². The lowest BCUT2D eigenvalue weighted by molar-refractivity contribution is -0.149. The summed E-state index contributed by atoms with van der Waals surface area (Å²) in [6.45, 7) is 0. The zero-order chi connectivity index (χ0) is 22.9. The summed E-state index contributed by atoms with van der Waals surface area (Å²) >= 11 is 1.21. The van der Waals surface area contributed by atoms with Crippen molar-refractivity contribution in [1.29, 1.82) is 0 Å². The Morgan fingerprint density at radius 1 is 1.18 bits per heavy atom. The van der Waals surface area contributed by atoms with Gasteiger partial charge in [-0.1, -0.05) is 30.0 Å². The summed E-state index contributed by atoms with van der Waals surface area (Å²) in [6.07, 6.45) is 4.83. The van der Waals surface area contributed by atoms with Gasteiger partial charge in [0, 0.05) is 37.0 Å². The number of nitrogens with zero attached hydrogens (tertiary/aromatic N) is 5. The Morgan fingerprint density at radius 3 is 2.76 bits per heavy atom. The van der Waals surface area contributed by atoms with Crippen LogP contribution in [-0.2, 0) is 20.7 Å². The second kappa shape index (κ2) is 8.86. The van der Waals surface area contributed by atoms with Gasteiger partial charge >= 0.3 is 5.97 Å². The molecule has 10 heteroatoms. The first-order valence-electron chi connectivity index (χ1n) is 10.6. The fraction of sp³-hybridized carbons (Fsp3) is 0.348. The van der Waals surface area contributed by atoms with Gasteiger partial charge in [0.1, 0.15) is 5.78 Å². The van der Waals surface area contributed by atoms with Gasteiger partial charge in [-0.25, -0.2) is 15.0 Å². The van der Waals surface area contributed by atoms with Gasteiger partial charge in [0.05, 0.1) is 24.5 Å². The summed E-state index contributed by atoms with van der Waals surface area (Å²) in [4.78, 5) is 55.1. The molecule has 0 atom stereocenters. The number of ether oxygens (including phenoxy) is 1. The van der Waals surface area contributed by atoms with Crippen molar-refractivity contribution in [1.82, 2.24) is 19.5 Å². The molecular formula is C23H21N5O4S. The van der Waals surface area contributed by atoms with Crippen molar-refractivity contribution in [3.63, 3.8) is 0 Å². The number of ketones is 1. The largest absolute Gasteiger partial charge is 0.469 e. The molecular weight excluding hydrogens is 442 g/mol. The molecule has 0 radical (unpaired) electrons. The van der Waals surface area contributed by atoms with Crippen LogP contribution in [0.15, 0.2) is 51.6 Å². The van der Waals surface area contributed by atoms with E-state index in [9.17, 15) is 14.4 Å². The number of para-hydroxylation sites is 1. The van der Waals surface area contributed by atoms with Gasteiger partial charge in [-0.3, -0.25) is 23.9 Å². The Hall–Kier alpha value is -3.40. The van der Waals surface area contributed by atoms with Crippen LogP contribution >= 0.6 is 11.8 Å². The number of benzene rings is 1. The van der Waals surface area contributed by atoms with Crippen molar-refractivity contribution in [3.05, 3.63) is 52.6 Å². The van der Waals surface area contributed by atoms with Crippen molar-refractivity contribution in [2.45, 2.75) is 36.9 Å². The highest BCUT2D eigenvalue weighted by molar-refractivity contribution is 7.99. The molecule has 0 amide bonds. The van der Waals surface area contributed by atoms with Crippen LogP contribution < -0.4 is 5.56 Å². The van der Waals surface area contributed by atoms with Gasteiger partial charge in [-0.05, 0) is 24.5 Å². The van der Waals surface area contributed by atoms with Crippen LogP contribution in [-0.4, -0.2) is 49.8 Å². The minimum absolute atomic E-state index is 0.00708. The van der Waals surface area contributed by atoms with Crippen LogP contribution in [0, 0.1) is 5.92 Å². The average molecular weight is 464 g/mol. The Balaban J connectivity index is 1.34. The molecule has 33 heavy (non-hydrogen) atoms. The summed E-state index contributed by atoms with van der Waals surface area (Å²) in [7, 11) is 1.36. The van der Waals surface area contributed by atoms with E-state index in [0.29, 0.717) is 24.4 Å². The summed E-state index contributed by atoms with van der Waals surface area (Å²) in [6, 6.07) is 7.66.